The third kappa shape index (κ3) is 1.35. The minimum absolute atomic E-state index is 0.315. The molecule has 0 aliphatic carbocycles. The summed E-state index contributed by atoms with van der Waals surface area (Å²) in [4.78, 5) is 25.7. The quantitative estimate of drug-likeness (QED) is 0.757. The zero-order valence-corrected chi connectivity index (χ0v) is 11.0. The summed E-state index contributed by atoms with van der Waals surface area (Å²) in [6, 6.07) is 8.85. The molecule has 1 aromatic heterocycles. The van der Waals surface area contributed by atoms with Gasteiger partial charge in [0.05, 0.1) is 5.69 Å². The Labute approximate surface area is 111 Å². The number of nitrogens with zero attached hydrogens (tertiary/aromatic N) is 3. The molecule has 2 amide bonds. The van der Waals surface area contributed by atoms with Crippen molar-refractivity contribution in [3.63, 3.8) is 0 Å². The van der Waals surface area contributed by atoms with Crippen LogP contribution >= 0.6 is 15.9 Å². The van der Waals surface area contributed by atoms with Crippen LogP contribution in [0.1, 0.15) is 20.8 Å². The Morgan fingerprint density at radius 3 is 2.39 bits per heavy atom. The van der Waals surface area contributed by atoms with E-state index in [1.807, 2.05) is 6.07 Å². The third-order valence-corrected chi connectivity index (χ3v) is 3.40. The first-order valence-corrected chi connectivity index (χ1v) is 6.07. The van der Waals surface area contributed by atoms with E-state index in [0.29, 0.717) is 21.5 Å². The van der Waals surface area contributed by atoms with Crippen molar-refractivity contribution >= 4 is 33.4 Å². The van der Waals surface area contributed by atoms with E-state index in [9.17, 15) is 9.59 Å². The molecule has 0 saturated carbocycles. The lowest BCUT2D eigenvalue weighted by Gasteiger charge is -2.13. The summed E-state index contributed by atoms with van der Waals surface area (Å²) in [5, 5.41) is 4.03. The number of halogens is 1. The molecule has 3 rings (SSSR count). The molecule has 0 bridgehead atoms. The maximum atomic E-state index is 12.3. The van der Waals surface area contributed by atoms with Gasteiger partial charge < -0.3 is 0 Å². The summed E-state index contributed by atoms with van der Waals surface area (Å²) in [7, 11) is 1.64. The first-order valence-electron chi connectivity index (χ1n) is 5.27. The molecule has 1 aromatic carbocycles. The van der Waals surface area contributed by atoms with Crippen molar-refractivity contribution in [3.05, 3.63) is 46.2 Å². The molecule has 1 aliphatic heterocycles. The number of hydrogen-bond acceptors (Lipinski definition) is 3. The summed E-state index contributed by atoms with van der Waals surface area (Å²) in [6.45, 7) is 0. The van der Waals surface area contributed by atoms with Crippen LogP contribution < -0.4 is 4.90 Å². The summed E-state index contributed by atoms with van der Waals surface area (Å²) in [5.41, 5.74) is 1.21. The molecule has 6 heteroatoms. The number of amides is 2. The molecular formula is C12H8BrN3O2. The van der Waals surface area contributed by atoms with E-state index in [2.05, 4.69) is 21.0 Å². The maximum Gasteiger partial charge on any atom is 0.284 e. The lowest BCUT2D eigenvalue weighted by Crippen LogP contribution is -2.30. The second kappa shape index (κ2) is 3.78. The smallest absolute Gasteiger partial charge is 0.268 e. The highest BCUT2D eigenvalue weighted by atomic mass is 79.9. The molecule has 0 spiro atoms. The number of aryl methyl sites for hydroxylation is 1. The number of anilines is 1. The molecule has 1 aliphatic rings. The number of fused-ring (bicyclic) bond motifs is 1. The minimum Gasteiger partial charge on any atom is -0.268 e. The van der Waals surface area contributed by atoms with Crippen LogP contribution in [0.5, 0.6) is 0 Å². The fraction of sp³-hybridized carbons (Fsp3) is 0.0833. The normalized spacial score (nSPS) is 14.2. The van der Waals surface area contributed by atoms with E-state index in [4.69, 9.17) is 0 Å². The van der Waals surface area contributed by atoms with Crippen molar-refractivity contribution in [1.82, 2.24) is 9.78 Å². The van der Waals surface area contributed by atoms with Crippen molar-refractivity contribution < 1.29 is 9.59 Å². The Morgan fingerprint density at radius 2 is 1.78 bits per heavy atom. The number of benzene rings is 1. The van der Waals surface area contributed by atoms with Gasteiger partial charge in [-0.15, -0.1) is 0 Å². The summed E-state index contributed by atoms with van der Waals surface area (Å²) < 4.78 is 1.82. The molecular weight excluding hydrogens is 298 g/mol. The van der Waals surface area contributed by atoms with Crippen LogP contribution in [0.2, 0.25) is 0 Å². The molecule has 0 saturated heterocycles. The Kier molecular flexibility index (Phi) is 2.34. The minimum atomic E-state index is -0.346. The van der Waals surface area contributed by atoms with Gasteiger partial charge in [0.2, 0.25) is 0 Å². The summed E-state index contributed by atoms with van der Waals surface area (Å²) in [5.74, 6) is -0.692. The molecule has 18 heavy (non-hydrogen) atoms. The molecule has 2 heterocycles. The number of aromatic nitrogens is 2. The molecule has 0 fully saturated rings. The van der Waals surface area contributed by atoms with Gasteiger partial charge in [-0.2, -0.15) is 5.10 Å². The molecule has 0 radical (unpaired) electrons. The Morgan fingerprint density at radius 1 is 1.11 bits per heavy atom. The Bertz CT molecular complexity index is 627. The Hall–Kier alpha value is -1.95. The molecule has 0 atom stereocenters. The van der Waals surface area contributed by atoms with Crippen LogP contribution in [-0.2, 0) is 7.05 Å². The van der Waals surface area contributed by atoms with Crippen LogP contribution in [0.25, 0.3) is 0 Å². The number of carbonyl (C=O) groups is 2. The highest BCUT2D eigenvalue weighted by Gasteiger charge is 2.41. The third-order valence-electron chi connectivity index (χ3n) is 2.84. The van der Waals surface area contributed by atoms with Crippen molar-refractivity contribution in [3.8, 4) is 0 Å². The van der Waals surface area contributed by atoms with Gasteiger partial charge in [-0.25, -0.2) is 4.90 Å². The predicted octanol–water partition coefficient (Wildman–Crippen LogP) is 1.98. The summed E-state index contributed by atoms with van der Waals surface area (Å²) in [6.07, 6.45) is 0. The van der Waals surface area contributed by atoms with Gasteiger partial charge in [-0.05, 0) is 28.1 Å². The predicted molar refractivity (Wildman–Crippen MR) is 68.5 cm³/mol. The van der Waals surface area contributed by atoms with Gasteiger partial charge >= 0.3 is 0 Å². The van der Waals surface area contributed by atoms with Gasteiger partial charge in [0.1, 0.15) is 15.9 Å². The van der Waals surface area contributed by atoms with E-state index in [1.165, 1.54) is 4.68 Å². The average Bonchev–Trinajstić information content (AvgIpc) is 2.79. The first-order chi connectivity index (χ1) is 8.61. The van der Waals surface area contributed by atoms with Crippen LogP contribution in [0, 0.1) is 0 Å². The number of carbonyl (C=O) groups excluding carboxylic acids is 2. The highest BCUT2D eigenvalue weighted by molar-refractivity contribution is 9.10. The van der Waals surface area contributed by atoms with Gasteiger partial charge in [-0.1, -0.05) is 18.2 Å². The lowest BCUT2D eigenvalue weighted by atomic mass is 10.3. The van der Waals surface area contributed by atoms with Crippen LogP contribution in [0.15, 0.2) is 34.9 Å². The van der Waals surface area contributed by atoms with Gasteiger partial charge in [0.25, 0.3) is 11.8 Å². The van der Waals surface area contributed by atoms with E-state index in [1.54, 1.807) is 31.3 Å². The fourth-order valence-corrected chi connectivity index (χ4v) is 2.64. The van der Waals surface area contributed by atoms with E-state index in [-0.39, 0.29) is 11.8 Å². The monoisotopic (exact) mass is 305 g/mol. The number of hydrogen-bond donors (Lipinski definition) is 0. The number of imide groups is 1. The fourth-order valence-electron chi connectivity index (χ4n) is 2.05. The number of rotatable bonds is 1. The standard InChI is InChI=1S/C12H8BrN3O2/c1-15-9-8(10(13)14-15)11(17)16(12(9)18)7-5-3-2-4-6-7/h2-6H,1H3. The Balaban J connectivity index is 2.17. The zero-order chi connectivity index (χ0) is 12.9. The van der Waals surface area contributed by atoms with E-state index < -0.39 is 0 Å². The topological polar surface area (TPSA) is 55.2 Å². The van der Waals surface area contributed by atoms with E-state index in [0.717, 1.165) is 4.90 Å². The molecule has 0 N–H and O–H groups in total. The van der Waals surface area contributed by atoms with Gasteiger partial charge in [0.15, 0.2) is 0 Å². The maximum absolute atomic E-state index is 12.3. The molecule has 90 valence electrons. The van der Waals surface area contributed by atoms with Crippen molar-refractivity contribution in [2.75, 3.05) is 4.90 Å². The van der Waals surface area contributed by atoms with E-state index >= 15 is 0 Å². The number of para-hydroxylation sites is 1. The molecule has 2 aromatic rings. The van der Waals surface area contributed by atoms with Gasteiger partial charge in [0, 0.05) is 7.05 Å². The summed E-state index contributed by atoms with van der Waals surface area (Å²) >= 11 is 3.20. The largest absolute Gasteiger partial charge is 0.284 e. The molecule has 0 unspecified atom stereocenters. The lowest BCUT2D eigenvalue weighted by molar-refractivity contribution is 0.0921. The van der Waals surface area contributed by atoms with Gasteiger partial charge in [-0.3, -0.25) is 14.3 Å². The SMILES string of the molecule is Cn1nc(Br)c2c1C(=O)N(c1ccccc1)C2=O. The zero-order valence-electron chi connectivity index (χ0n) is 9.42. The second-order valence-electron chi connectivity index (χ2n) is 3.92. The van der Waals surface area contributed by atoms with Crippen LogP contribution in [0.3, 0.4) is 0 Å². The highest BCUT2D eigenvalue weighted by Crippen LogP contribution is 2.31. The first kappa shape index (κ1) is 11.2. The van der Waals surface area contributed by atoms with Crippen LogP contribution in [-0.4, -0.2) is 21.6 Å². The van der Waals surface area contributed by atoms with Crippen molar-refractivity contribution in [2.45, 2.75) is 0 Å². The van der Waals surface area contributed by atoms with Crippen molar-refractivity contribution in [2.24, 2.45) is 7.05 Å². The van der Waals surface area contributed by atoms with Crippen molar-refractivity contribution in [1.29, 1.82) is 0 Å². The average molecular weight is 306 g/mol. The second-order valence-corrected chi connectivity index (χ2v) is 4.67. The van der Waals surface area contributed by atoms with Crippen LogP contribution in [0.4, 0.5) is 5.69 Å². The molecule has 5 nitrogen and oxygen atoms in total.